The van der Waals surface area contributed by atoms with Gasteiger partial charge in [0.05, 0.1) is 10.1 Å². The monoisotopic (exact) mass is 164 g/mol. The molecule has 1 aliphatic rings. The van der Waals surface area contributed by atoms with E-state index >= 15 is 0 Å². The van der Waals surface area contributed by atoms with Crippen molar-refractivity contribution in [1.82, 2.24) is 10.0 Å². The second-order valence-corrected chi connectivity index (χ2v) is 4.35. The number of nitrogens with one attached hydrogen (secondary N) is 2. The molecule has 0 saturated carbocycles. The number of thiol groups is 1. The van der Waals surface area contributed by atoms with Gasteiger partial charge in [0.1, 0.15) is 0 Å². The molecule has 4 heteroatoms. The van der Waals surface area contributed by atoms with Gasteiger partial charge in [-0.15, -0.1) is 0 Å². The lowest BCUT2D eigenvalue weighted by molar-refractivity contribution is 0.518. The summed E-state index contributed by atoms with van der Waals surface area (Å²) in [5.41, 5.74) is 0. The summed E-state index contributed by atoms with van der Waals surface area (Å²) in [6, 6.07) is 0. The van der Waals surface area contributed by atoms with Crippen LogP contribution in [0.3, 0.4) is 0 Å². The lowest BCUT2D eigenvalue weighted by Crippen LogP contribution is -2.57. The van der Waals surface area contributed by atoms with Gasteiger partial charge in [-0.25, -0.2) is 4.72 Å². The van der Waals surface area contributed by atoms with Gasteiger partial charge < -0.3 is 5.32 Å². The molecule has 2 atom stereocenters. The van der Waals surface area contributed by atoms with Gasteiger partial charge in [-0.1, -0.05) is 11.9 Å². The molecule has 9 heavy (non-hydrogen) atoms. The van der Waals surface area contributed by atoms with Crippen molar-refractivity contribution >= 4 is 24.6 Å². The third kappa shape index (κ3) is 1.37. The molecule has 0 aromatic heterocycles. The molecule has 1 aliphatic heterocycles. The summed E-state index contributed by atoms with van der Waals surface area (Å²) in [5.74, 6) is 0. The largest absolute Gasteiger partial charge is 0.318 e. The first-order valence-electron chi connectivity index (χ1n) is 2.95. The zero-order chi connectivity index (χ0) is 6.91. The van der Waals surface area contributed by atoms with Crippen LogP contribution in [0, 0.1) is 0 Å². The smallest absolute Gasteiger partial charge is 0.0766 e. The average molecular weight is 164 g/mol. The zero-order valence-electron chi connectivity index (χ0n) is 5.64. The Balaban J connectivity index is 2.34. The van der Waals surface area contributed by atoms with Crippen LogP contribution in [0.4, 0.5) is 0 Å². The van der Waals surface area contributed by atoms with Crippen LogP contribution in [-0.2, 0) is 0 Å². The fourth-order valence-corrected chi connectivity index (χ4v) is 2.05. The van der Waals surface area contributed by atoms with E-state index in [9.17, 15) is 0 Å². The number of hydrogen-bond donors (Lipinski definition) is 3. The van der Waals surface area contributed by atoms with E-state index in [0.29, 0.717) is 5.37 Å². The molecule has 0 bridgehead atoms. The maximum Gasteiger partial charge on any atom is 0.0766 e. The van der Waals surface area contributed by atoms with E-state index in [1.165, 1.54) is 0 Å². The molecule has 0 amide bonds. The normalized spacial score (nSPS) is 42.3. The minimum Gasteiger partial charge on any atom is -0.318 e. The van der Waals surface area contributed by atoms with Crippen molar-refractivity contribution in [2.24, 2.45) is 0 Å². The Morgan fingerprint density at radius 3 is 2.67 bits per heavy atom. The van der Waals surface area contributed by atoms with Gasteiger partial charge in [-0.3, -0.25) is 0 Å². The Kier molecular flexibility index (Phi) is 2.32. The van der Waals surface area contributed by atoms with E-state index in [2.05, 4.69) is 29.6 Å². The molecule has 0 aromatic carbocycles. The fourth-order valence-electron chi connectivity index (χ4n) is 0.797. The predicted octanol–water partition coefficient (Wildman–Crippen LogP) is 0.472. The first kappa shape index (κ1) is 7.72. The Labute approximate surface area is 65.7 Å². The lowest BCUT2D eigenvalue weighted by Gasteiger charge is -2.43. The van der Waals surface area contributed by atoms with E-state index in [4.69, 9.17) is 0 Å². The lowest BCUT2D eigenvalue weighted by atomic mass is 10.1. The number of rotatable bonds is 2. The van der Waals surface area contributed by atoms with E-state index in [1.54, 1.807) is 11.9 Å². The van der Waals surface area contributed by atoms with Gasteiger partial charge in [0.2, 0.25) is 0 Å². The van der Waals surface area contributed by atoms with Crippen LogP contribution >= 0.6 is 24.6 Å². The molecule has 1 saturated heterocycles. The second-order valence-electron chi connectivity index (χ2n) is 2.47. The third-order valence-corrected chi connectivity index (χ3v) is 3.76. The van der Waals surface area contributed by atoms with E-state index in [0.717, 1.165) is 6.54 Å². The minimum absolute atomic E-state index is 0.290. The second kappa shape index (κ2) is 2.70. The van der Waals surface area contributed by atoms with Gasteiger partial charge in [0.15, 0.2) is 0 Å². The van der Waals surface area contributed by atoms with Gasteiger partial charge in [-0.05, 0) is 14.0 Å². The van der Waals surface area contributed by atoms with Gasteiger partial charge in [0, 0.05) is 6.54 Å². The first-order valence-corrected chi connectivity index (χ1v) is 4.28. The van der Waals surface area contributed by atoms with Crippen LogP contribution in [-0.4, -0.2) is 23.7 Å². The molecule has 0 aliphatic carbocycles. The Morgan fingerprint density at radius 2 is 2.56 bits per heavy atom. The van der Waals surface area contributed by atoms with Crippen molar-refractivity contribution < 1.29 is 0 Å². The van der Waals surface area contributed by atoms with Gasteiger partial charge in [-0.2, -0.15) is 12.6 Å². The maximum atomic E-state index is 4.33. The third-order valence-electron chi connectivity index (χ3n) is 1.51. The van der Waals surface area contributed by atoms with Crippen LogP contribution in [0.25, 0.3) is 0 Å². The van der Waals surface area contributed by atoms with Gasteiger partial charge in [0.25, 0.3) is 0 Å². The molecule has 0 aromatic rings. The summed E-state index contributed by atoms with van der Waals surface area (Å²) in [5, 5.41) is 3.47. The molecule has 1 rings (SSSR count). The Hall–Kier alpha value is 0.620. The molecule has 1 fully saturated rings. The highest BCUT2D eigenvalue weighted by molar-refractivity contribution is 8.02. The van der Waals surface area contributed by atoms with E-state index < -0.39 is 0 Å². The van der Waals surface area contributed by atoms with Crippen LogP contribution in [0.2, 0.25) is 0 Å². The summed E-state index contributed by atoms with van der Waals surface area (Å²) < 4.78 is 3.41. The van der Waals surface area contributed by atoms with Crippen LogP contribution < -0.4 is 10.0 Å². The molecule has 1 heterocycles. The van der Waals surface area contributed by atoms with Crippen LogP contribution in [0.15, 0.2) is 0 Å². The summed E-state index contributed by atoms with van der Waals surface area (Å²) >= 11 is 6.08. The topological polar surface area (TPSA) is 24.1 Å². The summed E-state index contributed by atoms with van der Waals surface area (Å²) in [6.07, 6.45) is 0. The van der Waals surface area contributed by atoms with Crippen molar-refractivity contribution in [2.75, 3.05) is 13.6 Å². The summed E-state index contributed by atoms with van der Waals surface area (Å²) in [7, 11) is 1.96. The molecule has 2 nitrogen and oxygen atoms in total. The van der Waals surface area contributed by atoms with Crippen molar-refractivity contribution in [2.45, 2.75) is 17.0 Å². The standard InChI is InChI=1S/C5H12N2S2/c1-5(3-6-2)4(8)7-9-5/h4,6-8H,3H2,1-2H3/t4-,5+/m0/s1. The molecule has 0 unspecified atom stereocenters. The summed E-state index contributed by atoms with van der Waals surface area (Å²) in [6.45, 7) is 3.21. The maximum absolute atomic E-state index is 4.33. The Morgan fingerprint density at radius 1 is 1.89 bits per heavy atom. The van der Waals surface area contributed by atoms with E-state index in [1.807, 2.05) is 7.05 Å². The number of hydrogen-bond acceptors (Lipinski definition) is 4. The minimum atomic E-state index is 0.290. The van der Waals surface area contributed by atoms with Crippen LogP contribution in [0.1, 0.15) is 6.92 Å². The molecular formula is C5H12N2S2. The molecule has 0 spiro atoms. The summed E-state index contributed by atoms with van der Waals surface area (Å²) in [4.78, 5) is 0. The van der Waals surface area contributed by atoms with Crippen molar-refractivity contribution in [3.63, 3.8) is 0 Å². The van der Waals surface area contributed by atoms with Crippen LogP contribution in [0.5, 0.6) is 0 Å². The molecular weight excluding hydrogens is 152 g/mol. The molecule has 0 radical (unpaired) electrons. The van der Waals surface area contributed by atoms with E-state index in [-0.39, 0.29) is 4.75 Å². The van der Waals surface area contributed by atoms with Crippen molar-refractivity contribution in [3.8, 4) is 0 Å². The zero-order valence-corrected chi connectivity index (χ0v) is 7.35. The van der Waals surface area contributed by atoms with Gasteiger partial charge >= 0.3 is 0 Å². The highest BCUT2D eigenvalue weighted by Crippen LogP contribution is 2.37. The highest BCUT2D eigenvalue weighted by atomic mass is 32.2. The van der Waals surface area contributed by atoms with Crippen molar-refractivity contribution in [3.05, 3.63) is 0 Å². The predicted molar refractivity (Wildman–Crippen MR) is 45.8 cm³/mol. The fraction of sp³-hybridized carbons (Fsp3) is 1.00. The first-order chi connectivity index (χ1) is 4.19. The highest BCUT2D eigenvalue weighted by Gasteiger charge is 2.40. The quantitative estimate of drug-likeness (QED) is 0.408. The SMILES string of the molecule is CNC[C@@]1(C)SN[C@H]1S. The average Bonchev–Trinajstić information content (AvgIpc) is 1.86. The Bertz CT molecular complexity index is 109. The van der Waals surface area contributed by atoms with Crippen molar-refractivity contribution in [1.29, 1.82) is 0 Å². The molecule has 54 valence electrons. The molecule has 2 N–H and O–H groups in total.